The molecule has 14 nitrogen and oxygen atoms in total. The molecule has 0 saturated heterocycles. The highest BCUT2D eigenvalue weighted by Gasteiger charge is 2.17. The molecule has 0 aliphatic rings. The van der Waals surface area contributed by atoms with E-state index in [9.17, 15) is 0 Å². The van der Waals surface area contributed by atoms with Crippen molar-refractivity contribution in [3.8, 4) is 0 Å². The number of nitrogens with one attached hydrogen (secondary N) is 2. The number of nitrogens with two attached hydrogens (primary N) is 2. The lowest BCUT2D eigenvalue weighted by atomic mass is 10.2. The number of aliphatic hydroxyl groups is 2. The molecule has 4 aromatic heterocycles. The predicted molar refractivity (Wildman–Crippen MR) is 177 cm³/mol. The van der Waals surface area contributed by atoms with E-state index in [2.05, 4.69) is 72.4 Å². The SMILES string of the molecule is Nc1nc(NCCO)nc2c1nc(Br)n2Cc1ccccc1.Nc1nc(NCCO)nc2c1nc(Br)n2Cc1ccccc1. The summed E-state index contributed by atoms with van der Waals surface area (Å²) in [5, 5.41) is 23.6. The third-order valence-electron chi connectivity index (χ3n) is 6.31. The molecule has 6 rings (SSSR count). The maximum absolute atomic E-state index is 8.89. The van der Waals surface area contributed by atoms with Gasteiger partial charge in [-0.3, -0.25) is 9.13 Å². The van der Waals surface area contributed by atoms with Crippen LogP contribution in [0, 0.1) is 0 Å². The van der Waals surface area contributed by atoms with Crippen molar-refractivity contribution in [2.45, 2.75) is 13.1 Å². The second-order valence-corrected chi connectivity index (χ2v) is 10.8. The Morgan fingerprint density at radius 2 is 0.977 bits per heavy atom. The van der Waals surface area contributed by atoms with Crippen molar-refractivity contribution in [2.75, 3.05) is 48.4 Å². The molecule has 2 aromatic carbocycles. The number of anilines is 4. The molecule has 0 atom stereocenters. The normalized spacial score (nSPS) is 11.0. The first-order valence-electron chi connectivity index (χ1n) is 13.5. The summed E-state index contributed by atoms with van der Waals surface area (Å²) in [5.74, 6) is 1.36. The highest BCUT2D eigenvalue weighted by atomic mass is 79.9. The fraction of sp³-hybridized carbons (Fsp3) is 0.214. The molecule has 0 bridgehead atoms. The average molecular weight is 726 g/mol. The van der Waals surface area contributed by atoms with Gasteiger partial charge in [0.15, 0.2) is 43.4 Å². The third-order valence-corrected chi connectivity index (χ3v) is 7.52. The standard InChI is InChI=1S/2C14H15BrN6O/c2*15-13-18-10-11(16)19-14(17-6-7-22)20-12(10)21(13)8-9-4-2-1-3-5-9/h2*1-5,22H,6-8H2,(H3,16,17,19,20). The molecule has 4 heterocycles. The first-order chi connectivity index (χ1) is 21.4. The summed E-state index contributed by atoms with van der Waals surface area (Å²) in [7, 11) is 0. The molecule has 0 fully saturated rings. The summed E-state index contributed by atoms with van der Waals surface area (Å²) in [4.78, 5) is 26.0. The number of nitrogens with zero attached hydrogens (tertiary/aromatic N) is 8. The molecule has 16 heteroatoms. The average Bonchev–Trinajstić information content (AvgIpc) is 3.52. The van der Waals surface area contributed by atoms with E-state index in [4.69, 9.17) is 21.7 Å². The Kier molecular flexibility index (Phi) is 10.2. The molecule has 0 unspecified atom stereocenters. The predicted octanol–water partition coefficient (Wildman–Crippen LogP) is 3.25. The van der Waals surface area contributed by atoms with Crippen LogP contribution in [0.15, 0.2) is 70.1 Å². The van der Waals surface area contributed by atoms with Crippen LogP contribution >= 0.6 is 31.9 Å². The molecule has 0 aliphatic carbocycles. The Balaban J connectivity index is 0.000000175. The lowest BCUT2D eigenvalue weighted by Gasteiger charge is -2.07. The maximum Gasteiger partial charge on any atom is 0.226 e. The van der Waals surface area contributed by atoms with E-state index in [0.29, 0.717) is 81.5 Å². The number of fused-ring (bicyclic) bond motifs is 2. The maximum atomic E-state index is 8.89. The van der Waals surface area contributed by atoms with E-state index in [-0.39, 0.29) is 13.2 Å². The van der Waals surface area contributed by atoms with Crippen LogP contribution in [0.2, 0.25) is 0 Å². The van der Waals surface area contributed by atoms with Gasteiger partial charge in [0, 0.05) is 13.1 Å². The summed E-state index contributed by atoms with van der Waals surface area (Å²) in [5.41, 5.74) is 16.6. The van der Waals surface area contributed by atoms with Crippen molar-refractivity contribution in [3.05, 3.63) is 81.3 Å². The molecular weight excluding hydrogens is 696 g/mol. The minimum absolute atomic E-state index is 0.00568. The van der Waals surface area contributed by atoms with Gasteiger partial charge in [0.05, 0.1) is 26.3 Å². The molecule has 6 aromatic rings. The largest absolute Gasteiger partial charge is 0.395 e. The second-order valence-electron chi connectivity index (χ2n) is 9.42. The van der Waals surface area contributed by atoms with E-state index in [1.54, 1.807) is 0 Å². The summed E-state index contributed by atoms with van der Waals surface area (Å²) in [6.07, 6.45) is 0. The number of hydrogen-bond donors (Lipinski definition) is 6. The molecule has 0 saturated carbocycles. The lowest BCUT2D eigenvalue weighted by Crippen LogP contribution is -2.11. The first kappa shape index (κ1) is 31.1. The van der Waals surface area contributed by atoms with Crippen molar-refractivity contribution in [1.29, 1.82) is 0 Å². The van der Waals surface area contributed by atoms with Crippen LogP contribution in [0.4, 0.5) is 23.5 Å². The zero-order chi connectivity index (χ0) is 31.1. The van der Waals surface area contributed by atoms with Gasteiger partial charge in [-0.15, -0.1) is 0 Å². The van der Waals surface area contributed by atoms with Gasteiger partial charge in [-0.2, -0.15) is 19.9 Å². The van der Waals surface area contributed by atoms with Crippen molar-refractivity contribution < 1.29 is 10.2 Å². The van der Waals surface area contributed by atoms with Crippen LogP contribution in [0.5, 0.6) is 0 Å². The Morgan fingerprint density at radius 1 is 0.591 bits per heavy atom. The van der Waals surface area contributed by atoms with Gasteiger partial charge < -0.3 is 32.3 Å². The number of rotatable bonds is 10. The van der Waals surface area contributed by atoms with Gasteiger partial charge in [0.2, 0.25) is 11.9 Å². The van der Waals surface area contributed by atoms with Gasteiger partial charge in [-0.1, -0.05) is 60.7 Å². The summed E-state index contributed by atoms with van der Waals surface area (Å²) in [6.45, 7) is 1.95. The number of halogens is 2. The fourth-order valence-electron chi connectivity index (χ4n) is 4.30. The topological polar surface area (TPSA) is 204 Å². The number of aliphatic hydroxyl groups excluding tert-OH is 2. The molecule has 0 spiro atoms. The first-order valence-corrected chi connectivity index (χ1v) is 15.1. The molecule has 228 valence electrons. The van der Waals surface area contributed by atoms with Gasteiger partial charge in [-0.25, -0.2) is 9.97 Å². The van der Waals surface area contributed by atoms with E-state index >= 15 is 0 Å². The van der Waals surface area contributed by atoms with Crippen molar-refractivity contribution in [2.24, 2.45) is 0 Å². The van der Waals surface area contributed by atoms with Crippen molar-refractivity contribution in [1.82, 2.24) is 39.0 Å². The summed E-state index contributed by atoms with van der Waals surface area (Å²) in [6, 6.07) is 20.0. The highest BCUT2D eigenvalue weighted by Crippen LogP contribution is 2.26. The van der Waals surface area contributed by atoms with Crippen molar-refractivity contribution in [3.63, 3.8) is 0 Å². The van der Waals surface area contributed by atoms with Gasteiger partial charge in [0.25, 0.3) is 0 Å². The summed E-state index contributed by atoms with van der Waals surface area (Å²) >= 11 is 6.89. The van der Waals surface area contributed by atoms with Crippen LogP contribution in [-0.4, -0.2) is 75.6 Å². The zero-order valence-electron chi connectivity index (χ0n) is 23.4. The molecule has 8 N–H and O–H groups in total. The summed E-state index contributed by atoms with van der Waals surface area (Å²) < 4.78 is 5.14. The second kappa shape index (κ2) is 14.4. The molecule has 44 heavy (non-hydrogen) atoms. The Hall–Kier alpha value is -4.38. The van der Waals surface area contributed by atoms with Gasteiger partial charge in [-0.05, 0) is 43.0 Å². The van der Waals surface area contributed by atoms with Crippen LogP contribution in [0.1, 0.15) is 11.1 Å². The number of imidazole rings is 2. The monoisotopic (exact) mass is 724 g/mol. The number of benzene rings is 2. The Labute approximate surface area is 268 Å². The van der Waals surface area contributed by atoms with Gasteiger partial charge >= 0.3 is 0 Å². The van der Waals surface area contributed by atoms with E-state index in [1.165, 1.54) is 0 Å². The van der Waals surface area contributed by atoms with Crippen LogP contribution in [0.25, 0.3) is 22.3 Å². The van der Waals surface area contributed by atoms with Crippen LogP contribution in [0.3, 0.4) is 0 Å². The molecule has 0 amide bonds. The smallest absolute Gasteiger partial charge is 0.226 e. The number of hydrogen-bond acceptors (Lipinski definition) is 12. The van der Waals surface area contributed by atoms with Gasteiger partial charge in [0.1, 0.15) is 0 Å². The molecule has 0 aliphatic heterocycles. The fourth-order valence-corrected chi connectivity index (χ4v) is 5.24. The zero-order valence-corrected chi connectivity index (χ0v) is 26.6. The highest BCUT2D eigenvalue weighted by molar-refractivity contribution is 9.10. The Bertz CT molecular complexity index is 1710. The lowest BCUT2D eigenvalue weighted by molar-refractivity contribution is 0.310. The van der Waals surface area contributed by atoms with E-state index < -0.39 is 0 Å². The van der Waals surface area contributed by atoms with Crippen LogP contribution in [-0.2, 0) is 13.1 Å². The van der Waals surface area contributed by atoms with Crippen LogP contribution < -0.4 is 22.1 Å². The third kappa shape index (κ3) is 7.21. The molecular formula is C28H30Br2N12O2. The minimum atomic E-state index is -0.00568. The number of nitrogen functional groups attached to an aromatic ring is 2. The minimum Gasteiger partial charge on any atom is -0.395 e. The quantitative estimate of drug-likeness (QED) is 0.113. The van der Waals surface area contributed by atoms with E-state index in [0.717, 1.165) is 11.1 Å². The van der Waals surface area contributed by atoms with Crippen molar-refractivity contribution >= 4 is 77.7 Å². The van der Waals surface area contributed by atoms with E-state index in [1.807, 2.05) is 69.8 Å². The Morgan fingerprint density at radius 3 is 1.34 bits per heavy atom. The molecule has 0 radical (unpaired) electrons. The number of aromatic nitrogens is 8.